The van der Waals surface area contributed by atoms with Crippen molar-refractivity contribution in [1.29, 1.82) is 0 Å². The lowest BCUT2D eigenvalue weighted by Gasteiger charge is -2.21. The summed E-state index contributed by atoms with van der Waals surface area (Å²) in [6.07, 6.45) is 10.6. The molecule has 21 heavy (non-hydrogen) atoms. The standard InChI is InChI=1S/C17H29N3S/c1-2-10-18-13-14-8-7-9-15-16(14)19-17(21-15)20-11-5-3-4-6-12-20/h14,18H,2-13H2,1H3. The third kappa shape index (κ3) is 3.78. The molecule has 2 aliphatic rings. The molecule has 0 amide bonds. The molecule has 0 spiro atoms. The Morgan fingerprint density at radius 2 is 2.00 bits per heavy atom. The lowest BCUT2D eigenvalue weighted by Crippen LogP contribution is -2.25. The Morgan fingerprint density at radius 1 is 1.19 bits per heavy atom. The minimum Gasteiger partial charge on any atom is -0.348 e. The van der Waals surface area contributed by atoms with Gasteiger partial charge < -0.3 is 10.2 Å². The maximum atomic E-state index is 5.08. The first-order valence-electron chi connectivity index (χ1n) is 8.83. The van der Waals surface area contributed by atoms with Crippen LogP contribution in [0, 0.1) is 0 Å². The number of anilines is 1. The van der Waals surface area contributed by atoms with E-state index in [9.17, 15) is 0 Å². The summed E-state index contributed by atoms with van der Waals surface area (Å²) in [7, 11) is 0. The highest BCUT2D eigenvalue weighted by Crippen LogP contribution is 2.38. The Balaban J connectivity index is 1.70. The first kappa shape index (κ1) is 15.3. The van der Waals surface area contributed by atoms with Crippen molar-refractivity contribution in [2.75, 3.05) is 31.1 Å². The Labute approximate surface area is 133 Å². The average molecular weight is 308 g/mol. The Hall–Kier alpha value is -0.610. The van der Waals surface area contributed by atoms with Crippen molar-refractivity contribution in [3.05, 3.63) is 10.6 Å². The van der Waals surface area contributed by atoms with Gasteiger partial charge in [-0.05, 0) is 45.1 Å². The second kappa shape index (κ2) is 7.59. The second-order valence-electron chi connectivity index (χ2n) is 6.50. The van der Waals surface area contributed by atoms with E-state index in [1.54, 1.807) is 4.88 Å². The van der Waals surface area contributed by atoms with Crippen LogP contribution in [0.25, 0.3) is 0 Å². The van der Waals surface area contributed by atoms with E-state index in [1.165, 1.54) is 75.3 Å². The van der Waals surface area contributed by atoms with Crippen LogP contribution in [0.1, 0.15) is 68.4 Å². The van der Waals surface area contributed by atoms with Crippen molar-refractivity contribution in [3.63, 3.8) is 0 Å². The van der Waals surface area contributed by atoms with Gasteiger partial charge in [-0.1, -0.05) is 19.8 Å². The van der Waals surface area contributed by atoms with E-state index in [-0.39, 0.29) is 0 Å². The number of thiazole rings is 1. The summed E-state index contributed by atoms with van der Waals surface area (Å²) in [6.45, 7) is 6.91. The summed E-state index contributed by atoms with van der Waals surface area (Å²) in [5, 5.41) is 4.91. The third-order valence-electron chi connectivity index (χ3n) is 4.75. The van der Waals surface area contributed by atoms with Gasteiger partial charge in [0.1, 0.15) is 0 Å². The fourth-order valence-electron chi connectivity index (χ4n) is 3.54. The maximum absolute atomic E-state index is 5.08. The molecule has 0 aromatic carbocycles. The van der Waals surface area contributed by atoms with Gasteiger partial charge >= 0.3 is 0 Å². The van der Waals surface area contributed by atoms with E-state index < -0.39 is 0 Å². The molecule has 2 heterocycles. The van der Waals surface area contributed by atoms with Crippen LogP contribution >= 0.6 is 11.3 Å². The van der Waals surface area contributed by atoms with Crippen LogP contribution in [0.4, 0.5) is 5.13 Å². The number of rotatable bonds is 5. The quantitative estimate of drug-likeness (QED) is 0.835. The van der Waals surface area contributed by atoms with Crippen LogP contribution in [0.3, 0.4) is 0 Å². The molecule has 0 radical (unpaired) electrons. The lowest BCUT2D eigenvalue weighted by atomic mass is 9.91. The summed E-state index contributed by atoms with van der Waals surface area (Å²) < 4.78 is 0. The Bertz CT molecular complexity index is 435. The molecule has 1 fully saturated rings. The zero-order valence-corrected chi connectivity index (χ0v) is 14.2. The Kier molecular flexibility index (Phi) is 5.53. The van der Waals surface area contributed by atoms with Gasteiger partial charge in [0.05, 0.1) is 5.69 Å². The zero-order valence-electron chi connectivity index (χ0n) is 13.4. The molecular formula is C17H29N3S. The number of aromatic nitrogens is 1. The average Bonchev–Trinajstić information content (AvgIpc) is 2.76. The van der Waals surface area contributed by atoms with E-state index in [0.29, 0.717) is 5.92 Å². The number of fused-ring (bicyclic) bond motifs is 1. The van der Waals surface area contributed by atoms with E-state index in [1.807, 2.05) is 11.3 Å². The van der Waals surface area contributed by atoms with Gasteiger partial charge in [0, 0.05) is 30.4 Å². The highest BCUT2D eigenvalue weighted by atomic mass is 32.1. The normalized spacial score (nSPS) is 22.9. The van der Waals surface area contributed by atoms with E-state index in [0.717, 1.165) is 13.1 Å². The van der Waals surface area contributed by atoms with E-state index in [4.69, 9.17) is 4.98 Å². The molecule has 3 nitrogen and oxygen atoms in total. The third-order valence-corrected chi connectivity index (χ3v) is 5.95. The summed E-state index contributed by atoms with van der Waals surface area (Å²) in [4.78, 5) is 9.20. The number of hydrogen-bond acceptors (Lipinski definition) is 4. The predicted molar refractivity (Wildman–Crippen MR) is 91.6 cm³/mol. The van der Waals surface area contributed by atoms with Crippen molar-refractivity contribution < 1.29 is 0 Å². The summed E-state index contributed by atoms with van der Waals surface area (Å²) in [6, 6.07) is 0. The summed E-state index contributed by atoms with van der Waals surface area (Å²) in [5.41, 5.74) is 1.43. The lowest BCUT2D eigenvalue weighted by molar-refractivity contribution is 0.501. The minimum absolute atomic E-state index is 0.650. The van der Waals surface area contributed by atoms with Crippen molar-refractivity contribution in [3.8, 4) is 0 Å². The predicted octanol–water partition coefficient (Wildman–Crippen LogP) is 3.94. The number of nitrogens with one attached hydrogen (secondary N) is 1. The van der Waals surface area contributed by atoms with Gasteiger partial charge in [-0.15, -0.1) is 11.3 Å². The van der Waals surface area contributed by atoms with Gasteiger partial charge in [0.15, 0.2) is 5.13 Å². The molecule has 1 unspecified atom stereocenters. The molecule has 118 valence electrons. The molecular weight excluding hydrogens is 278 g/mol. The van der Waals surface area contributed by atoms with Gasteiger partial charge in [-0.3, -0.25) is 0 Å². The van der Waals surface area contributed by atoms with Gasteiger partial charge in [-0.2, -0.15) is 0 Å². The smallest absolute Gasteiger partial charge is 0.185 e. The molecule has 1 aliphatic heterocycles. The number of hydrogen-bond donors (Lipinski definition) is 1. The van der Waals surface area contributed by atoms with Crippen molar-refractivity contribution in [1.82, 2.24) is 10.3 Å². The molecule has 1 aliphatic carbocycles. The molecule has 4 heteroatoms. The van der Waals surface area contributed by atoms with Gasteiger partial charge in [-0.25, -0.2) is 4.98 Å². The molecule has 1 saturated heterocycles. The number of nitrogens with zero attached hydrogens (tertiary/aromatic N) is 2. The summed E-state index contributed by atoms with van der Waals surface area (Å²) >= 11 is 1.98. The molecule has 3 rings (SSSR count). The molecule has 1 N–H and O–H groups in total. The molecule has 1 atom stereocenters. The van der Waals surface area contributed by atoms with E-state index in [2.05, 4.69) is 17.1 Å². The van der Waals surface area contributed by atoms with Crippen LogP contribution in [0.2, 0.25) is 0 Å². The van der Waals surface area contributed by atoms with Crippen molar-refractivity contribution >= 4 is 16.5 Å². The Morgan fingerprint density at radius 3 is 2.76 bits per heavy atom. The van der Waals surface area contributed by atoms with Crippen molar-refractivity contribution in [2.45, 2.75) is 64.2 Å². The first-order chi connectivity index (χ1) is 10.4. The largest absolute Gasteiger partial charge is 0.348 e. The zero-order chi connectivity index (χ0) is 14.5. The van der Waals surface area contributed by atoms with Crippen LogP contribution in [0.15, 0.2) is 0 Å². The van der Waals surface area contributed by atoms with Crippen LogP contribution < -0.4 is 10.2 Å². The number of aryl methyl sites for hydroxylation is 1. The molecule has 0 bridgehead atoms. The molecule has 0 saturated carbocycles. The summed E-state index contributed by atoms with van der Waals surface area (Å²) in [5.74, 6) is 0.650. The topological polar surface area (TPSA) is 28.2 Å². The molecule has 1 aromatic heterocycles. The molecule has 1 aromatic rings. The van der Waals surface area contributed by atoms with E-state index >= 15 is 0 Å². The second-order valence-corrected chi connectivity index (χ2v) is 7.56. The van der Waals surface area contributed by atoms with Crippen LogP contribution in [0.5, 0.6) is 0 Å². The van der Waals surface area contributed by atoms with Crippen LogP contribution in [-0.2, 0) is 6.42 Å². The van der Waals surface area contributed by atoms with Gasteiger partial charge in [0.2, 0.25) is 0 Å². The monoisotopic (exact) mass is 307 g/mol. The van der Waals surface area contributed by atoms with Crippen molar-refractivity contribution in [2.24, 2.45) is 0 Å². The fraction of sp³-hybridized carbons (Fsp3) is 0.824. The maximum Gasteiger partial charge on any atom is 0.185 e. The highest BCUT2D eigenvalue weighted by molar-refractivity contribution is 7.15. The fourth-order valence-corrected chi connectivity index (χ4v) is 4.78. The minimum atomic E-state index is 0.650. The SMILES string of the molecule is CCCNCC1CCCc2sc(N3CCCCCC3)nc21. The van der Waals surface area contributed by atoms with Crippen LogP contribution in [-0.4, -0.2) is 31.2 Å². The van der Waals surface area contributed by atoms with Gasteiger partial charge in [0.25, 0.3) is 0 Å². The first-order valence-corrected chi connectivity index (χ1v) is 9.65. The highest BCUT2D eigenvalue weighted by Gasteiger charge is 2.26.